The van der Waals surface area contributed by atoms with E-state index in [4.69, 9.17) is 4.42 Å². The molecule has 4 heterocycles. The highest BCUT2D eigenvalue weighted by molar-refractivity contribution is 8.14. The fourth-order valence-electron chi connectivity index (χ4n) is 3.83. The molecule has 0 saturated heterocycles. The van der Waals surface area contributed by atoms with Gasteiger partial charge in [-0.25, -0.2) is 9.89 Å². The summed E-state index contributed by atoms with van der Waals surface area (Å²) in [5.74, 6) is 0.855. The van der Waals surface area contributed by atoms with Crippen LogP contribution in [0.3, 0.4) is 0 Å². The highest BCUT2D eigenvalue weighted by Gasteiger charge is 2.41. The van der Waals surface area contributed by atoms with Gasteiger partial charge in [0.2, 0.25) is 11.8 Å². The van der Waals surface area contributed by atoms with Crippen molar-refractivity contribution in [3.63, 3.8) is 0 Å². The summed E-state index contributed by atoms with van der Waals surface area (Å²) in [4.78, 5) is 48.8. The van der Waals surface area contributed by atoms with Crippen LogP contribution < -0.4 is 10.6 Å². The Labute approximate surface area is 210 Å². The van der Waals surface area contributed by atoms with Gasteiger partial charge in [0.05, 0.1) is 24.2 Å². The van der Waals surface area contributed by atoms with E-state index >= 15 is 0 Å². The van der Waals surface area contributed by atoms with E-state index in [9.17, 15) is 14.4 Å². The van der Waals surface area contributed by atoms with Crippen molar-refractivity contribution in [1.29, 1.82) is 0 Å². The Morgan fingerprint density at radius 3 is 2.83 bits per heavy atom. The number of nitrogens with one attached hydrogen (secondary N) is 3. The van der Waals surface area contributed by atoms with Crippen LogP contribution in [-0.4, -0.2) is 55.6 Å². The Bertz CT molecular complexity index is 1360. The Kier molecular flexibility index (Phi) is 6.67. The molecule has 11 nitrogen and oxygen atoms in total. The third kappa shape index (κ3) is 5.08. The van der Waals surface area contributed by atoms with Crippen LogP contribution in [0.1, 0.15) is 29.9 Å². The number of hydrogen-bond acceptors (Lipinski definition) is 8. The van der Waals surface area contributed by atoms with Crippen LogP contribution in [0.25, 0.3) is 0 Å². The quantitative estimate of drug-likeness (QED) is 0.429. The number of aryl methyl sites for hydroxylation is 1. The van der Waals surface area contributed by atoms with Gasteiger partial charge in [-0.1, -0.05) is 23.9 Å². The molecule has 36 heavy (non-hydrogen) atoms. The first-order valence-corrected chi connectivity index (χ1v) is 12.3. The van der Waals surface area contributed by atoms with Crippen molar-refractivity contribution in [3.05, 3.63) is 65.7 Å². The highest BCUT2D eigenvalue weighted by Crippen LogP contribution is 2.34. The molecule has 2 aliphatic heterocycles. The van der Waals surface area contributed by atoms with Gasteiger partial charge in [0.25, 0.3) is 5.91 Å². The number of fused-ring (bicyclic) bond motifs is 3. The van der Waals surface area contributed by atoms with Crippen molar-refractivity contribution >= 4 is 52.0 Å². The number of rotatable bonds is 8. The van der Waals surface area contributed by atoms with Crippen LogP contribution in [0.4, 0.5) is 11.5 Å². The van der Waals surface area contributed by atoms with E-state index in [0.717, 1.165) is 23.0 Å². The maximum Gasteiger partial charge on any atom is 0.259 e. The maximum atomic E-state index is 13.3. The second-order valence-electron chi connectivity index (χ2n) is 8.22. The van der Waals surface area contributed by atoms with Gasteiger partial charge in [0.1, 0.15) is 17.6 Å². The number of furan rings is 1. The average Bonchev–Trinajstić information content (AvgIpc) is 3.61. The molecule has 0 radical (unpaired) electrons. The fourth-order valence-corrected chi connectivity index (χ4v) is 4.63. The van der Waals surface area contributed by atoms with Gasteiger partial charge < -0.3 is 15.1 Å². The molecule has 3 aromatic rings. The van der Waals surface area contributed by atoms with Gasteiger partial charge in [-0.15, -0.1) is 0 Å². The van der Waals surface area contributed by atoms with Gasteiger partial charge in [-0.2, -0.15) is 5.10 Å². The number of carbonyl (C=O) groups excluding carboxylic acids is 3. The number of H-pyrrole nitrogens is 1. The number of amides is 3. The van der Waals surface area contributed by atoms with Gasteiger partial charge >= 0.3 is 0 Å². The molecule has 1 aromatic carbocycles. The van der Waals surface area contributed by atoms with Crippen LogP contribution >= 0.6 is 11.8 Å². The summed E-state index contributed by atoms with van der Waals surface area (Å²) in [7, 11) is 0. The molecule has 0 aliphatic carbocycles. The Morgan fingerprint density at radius 2 is 2.06 bits per heavy atom. The van der Waals surface area contributed by atoms with Crippen LogP contribution in [0.15, 0.2) is 63.1 Å². The highest BCUT2D eigenvalue weighted by atomic mass is 32.2. The van der Waals surface area contributed by atoms with Crippen molar-refractivity contribution < 1.29 is 18.8 Å². The average molecular weight is 506 g/mol. The predicted octanol–water partition coefficient (Wildman–Crippen LogP) is 2.74. The molecular formula is C24H23N7O4S. The molecule has 0 spiro atoms. The maximum absolute atomic E-state index is 13.3. The lowest BCUT2D eigenvalue weighted by atomic mass is 10.1. The molecule has 0 saturated carbocycles. The summed E-state index contributed by atoms with van der Waals surface area (Å²) in [5, 5.41) is 12.6. The molecule has 5 rings (SSSR count). The van der Waals surface area contributed by atoms with Crippen LogP contribution in [0.5, 0.6) is 0 Å². The standard InChI is InChI=1S/C24H23N7O4S/c1-14-11-19(30-29-14)28-21(33)13-36-24-27-17-7-3-2-6-16(17)22-26-18(23(34)31(22)24)8-9-20(32)25-12-15-5-4-10-35-15/h2-7,10-11,18H,8-9,12-13H2,1H3,(H,25,32)(H2,28,29,30,33)/t18-/m1/s1. The number of benzene rings is 1. The number of nitrogens with zero attached hydrogens (tertiary/aromatic N) is 4. The number of hydrogen-bond donors (Lipinski definition) is 3. The molecule has 0 fully saturated rings. The SMILES string of the molecule is Cc1cc(NC(=O)CSC2=Nc3ccccc3C3=N[C@H](CCC(=O)NCc4ccco4)C(=O)N23)n[nH]1. The summed E-state index contributed by atoms with van der Waals surface area (Å²) >= 11 is 1.14. The number of aliphatic imine (C=N–C) groups is 2. The van der Waals surface area contributed by atoms with E-state index in [1.165, 1.54) is 4.90 Å². The lowest BCUT2D eigenvalue weighted by Gasteiger charge is -2.25. The molecular weight excluding hydrogens is 482 g/mol. The number of thioether (sulfide) groups is 1. The molecule has 184 valence electrons. The predicted molar refractivity (Wildman–Crippen MR) is 135 cm³/mol. The molecule has 2 aliphatic rings. The fraction of sp³-hybridized carbons (Fsp3) is 0.250. The first kappa shape index (κ1) is 23.5. The number of anilines is 1. The van der Waals surface area contributed by atoms with Crippen molar-refractivity contribution in [2.24, 2.45) is 9.98 Å². The topological polar surface area (TPSA) is 145 Å². The van der Waals surface area contributed by atoms with E-state index in [1.54, 1.807) is 24.5 Å². The van der Waals surface area contributed by atoms with Crippen LogP contribution in [-0.2, 0) is 20.9 Å². The van der Waals surface area contributed by atoms with Crippen LogP contribution in [0.2, 0.25) is 0 Å². The zero-order chi connectivity index (χ0) is 25.1. The van der Waals surface area contributed by atoms with Gasteiger partial charge in [0.15, 0.2) is 11.0 Å². The van der Waals surface area contributed by atoms with E-state index in [-0.39, 0.29) is 42.9 Å². The molecule has 2 aromatic heterocycles. The minimum absolute atomic E-state index is 0.0316. The first-order chi connectivity index (χ1) is 17.5. The van der Waals surface area contributed by atoms with Gasteiger partial charge in [0, 0.05) is 23.7 Å². The molecule has 3 N–H and O–H groups in total. The van der Waals surface area contributed by atoms with Crippen molar-refractivity contribution in [2.75, 3.05) is 11.1 Å². The minimum atomic E-state index is -0.716. The lowest BCUT2D eigenvalue weighted by Crippen LogP contribution is -2.41. The lowest BCUT2D eigenvalue weighted by molar-refractivity contribution is -0.125. The number of amidine groups is 2. The smallest absolute Gasteiger partial charge is 0.259 e. The van der Waals surface area contributed by atoms with E-state index in [2.05, 4.69) is 30.8 Å². The summed E-state index contributed by atoms with van der Waals surface area (Å²) in [6.07, 6.45) is 1.93. The second-order valence-corrected chi connectivity index (χ2v) is 9.16. The van der Waals surface area contributed by atoms with Gasteiger partial charge in [-0.05, 0) is 37.6 Å². The largest absolute Gasteiger partial charge is 0.467 e. The normalized spacial score (nSPS) is 16.2. The van der Waals surface area contributed by atoms with Gasteiger partial charge in [-0.3, -0.25) is 24.5 Å². The molecule has 0 bridgehead atoms. The number of carbonyl (C=O) groups is 3. The third-order valence-electron chi connectivity index (χ3n) is 5.54. The summed E-state index contributed by atoms with van der Waals surface area (Å²) in [6, 6.07) is 11.9. The van der Waals surface area contributed by atoms with Crippen molar-refractivity contribution in [2.45, 2.75) is 32.4 Å². The van der Waals surface area contributed by atoms with E-state index < -0.39 is 6.04 Å². The summed E-state index contributed by atoms with van der Waals surface area (Å²) in [6.45, 7) is 2.12. The van der Waals surface area contributed by atoms with E-state index in [0.29, 0.717) is 28.3 Å². The van der Waals surface area contributed by atoms with Crippen molar-refractivity contribution in [1.82, 2.24) is 20.4 Å². The molecule has 0 unspecified atom stereocenters. The number of aromatic nitrogens is 2. The Balaban J connectivity index is 1.25. The number of aromatic amines is 1. The van der Waals surface area contributed by atoms with Crippen molar-refractivity contribution in [3.8, 4) is 0 Å². The van der Waals surface area contributed by atoms with E-state index in [1.807, 2.05) is 31.2 Å². The Hall–Kier alpha value is -4.19. The van der Waals surface area contributed by atoms with Crippen LogP contribution in [0, 0.1) is 6.92 Å². The molecule has 1 atom stereocenters. The third-order valence-corrected chi connectivity index (χ3v) is 6.48. The number of para-hydroxylation sites is 1. The zero-order valence-electron chi connectivity index (χ0n) is 19.4. The molecule has 3 amide bonds. The zero-order valence-corrected chi connectivity index (χ0v) is 20.2. The minimum Gasteiger partial charge on any atom is -0.467 e. The molecule has 12 heteroatoms. The monoisotopic (exact) mass is 505 g/mol. The first-order valence-electron chi connectivity index (χ1n) is 11.3. The second kappa shape index (κ2) is 10.2. The summed E-state index contributed by atoms with van der Waals surface area (Å²) in [5.41, 5.74) is 2.23. The Morgan fingerprint density at radius 1 is 1.19 bits per heavy atom. The summed E-state index contributed by atoms with van der Waals surface area (Å²) < 4.78 is 5.22.